The highest BCUT2D eigenvalue weighted by Gasteiger charge is 2.34. The van der Waals surface area contributed by atoms with Crippen LogP contribution in [0.25, 0.3) is 0 Å². The number of piperazine rings is 1. The van der Waals surface area contributed by atoms with Crippen molar-refractivity contribution in [3.8, 4) is 5.75 Å². The molecular formula is C23H24BrN3O5S. The number of nitrogens with one attached hydrogen (secondary N) is 2. The summed E-state index contributed by atoms with van der Waals surface area (Å²) in [6.45, 7) is 1.22. The zero-order chi connectivity index (χ0) is 23.8. The third kappa shape index (κ3) is 6.75. The number of hydrogen-bond donors (Lipinski definition) is 2. The smallest absolute Gasteiger partial charge is 0.308 e. The first kappa shape index (κ1) is 24.7. The van der Waals surface area contributed by atoms with Gasteiger partial charge in [-0.2, -0.15) is 0 Å². The second-order valence-electron chi connectivity index (χ2n) is 7.27. The van der Waals surface area contributed by atoms with Crippen LogP contribution in [0.2, 0.25) is 0 Å². The van der Waals surface area contributed by atoms with Gasteiger partial charge in [-0.3, -0.25) is 19.7 Å². The molecule has 0 bridgehead atoms. The Morgan fingerprint density at radius 1 is 1.24 bits per heavy atom. The number of benzene rings is 2. The molecule has 0 radical (unpaired) electrons. The van der Waals surface area contributed by atoms with Gasteiger partial charge in [0.05, 0.1) is 24.6 Å². The molecule has 174 valence electrons. The average Bonchev–Trinajstić information content (AvgIpc) is 2.81. The molecule has 1 unspecified atom stereocenters. The number of halogens is 1. The highest BCUT2D eigenvalue weighted by atomic mass is 79.9. The number of rotatable bonds is 7. The minimum atomic E-state index is -0.842. The molecule has 0 spiro atoms. The van der Waals surface area contributed by atoms with E-state index in [4.69, 9.17) is 17.0 Å². The maximum atomic E-state index is 12.7. The molecule has 2 aromatic rings. The zero-order valence-electron chi connectivity index (χ0n) is 18.0. The first-order valence-electron chi connectivity index (χ1n) is 10.3. The van der Waals surface area contributed by atoms with Crippen LogP contribution in [0.3, 0.4) is 0 Å². The van der Waals surface area contributed by atoms with Gasteiger partial charge in [0.25, 0.3) is 5.91 Å². The molecule has 1 saturated heterocycles. The van der Waals surface area contributed by atoms with Crippen molar-refractivity contribution in [2.75, 3.05) is 26.8 Å². The lowest BCUT2D eigenvalue weighted by molar-refractivity contribution is -0.144. The molecule has 0 aliphatic carbocycles. The molecule has 3 rings (SSSR count). The molecule has 0 aromatic heterocycles. The second-order valence-corrected chi connectivity index (χ2v) is 8.51. The Balaban J connectivity index is 1.59. The fourth-order valence-corrected chi connectivity index (χ4v) is 4.13. The van der Waals surface area contributed by atoms with Crippen LogP contribution in [0.4, 0.5) is 0 Å². The van der Waals surface area contributed by atoms with E-state index in [1.807, 2.05) is 30.3 Å². The number of carbonyl (C=O) groups is 3. The van der Waals surface area contributed by atoms with E-state index < -0.39 is 17.9 Å². The van der Waals surface area contributed by atoms with E-state index >= 15 is 0 Å². The minimum absolute atomic E-state index is 0.0723. The molecule has 2 N–H and O–H groups in total. The molecule has 2 aromatic carbocycles. The van der Waals surface area contributed by atoms with E-state index in [2.05, 4.69) is 31.3 Å². The molecule has 1 aliphatic heterocycles. The van der Waals surface area contributed by atoms with Crippen molar-refractivity contribution in [3.05, 3.63) is 64.1 Å². The fourth-order valence-electron chi connectivity index (χ4n) is 3.33. The van der Waals surface area contributed by atoms with Crippen LogP contribution in [0.5, 0.6) is 5.75 Å². The van der Waals surface area contributed by atoms with E-state index in [-0.39, 0.29) is 17.4 Å². The molecule has 33 heavy (non-hydrogen) atoms. The molecule has 10 heteroatoms. The van der Waals surface area contributed by atoms with Crippen LogP contribution in [0.1, 0.15) is 22.3 Å². The van der Waals surface area contributed by atoms with E-state index in [1.54, 1.807) is 18.2 Å². The maximum Gasteiger partial charge on any atom is 0.308 e. The monoisotopic (exact) mass is 533 g/mol. The SMILES string of the molecule is COC(=O)CC1C(=O)NCCN1C(=S)NC(=O)c1ccc(OCCc2ccccc2)c(Br)c1. The van der Waals surface area contributed by atoms with Crippen molar-refractivity contribution in [2.45, 2.75) is 18.9 Å². The summed E-state index contributed by atoms with van der Waals surface area (Å²) >= 11 is 8.80. The van der Waals surface area contributed by atoms with Gasteiger partial charge in [-0.25, -0.2) is 0 Å². The van der Waals surface area contributed by atoms with Gasteiger partial charge in [0.2, 0.25) is 5.91 Å². The molecular weight excluding hydrogens is 510 g/mol. The molecule has 0 saturated carbocycles. The number of ether oxygens (including phenoxy) is 2. The molecule has 1 atom stereocenters. The molecule has 8 nitrogen and oxygen atoms in total. The lowest BCUT2D eigenvalue weighted by Gasteiger charge is -2.36. The van der Waals surface area contributed by atoms with Crippen LogP contribution >= 0.6 is 28.1 Å². The standard InChI is InChI=1S/C23H24BrN3O5S/c1-31-20(28)14-18-22(30)25-10-11-27(18)23(33)26-21(29)16-7-8-19(17(24)13-16)32-12-9-15-5-3-2-4-6-15/h2-8,13,18H,9-12,14H2,1H3,(H,25,30)(H,26,29,33). The van der Waals surface area contributed by atoms with Gasteiger partial charge >= 0.3 is 5.97 Å². The topological polar surface area (TPSA) is 97.0 Å². The van der Waals surface area contributed by atoms with Crippen molar-refractivity contribution < 1.29 is 23.9 Å². The third-order valence-corrected chi connectivity index (χ3v) is 6.04. The number of amides is 2. The van der Waals surface area contributed by atoms with Crippen LogP contribution in [0.15, 0.2) is 53.0 Å². The van der Waals surface area contributed by atoms with E-state index in [0.717, 1.165) is 6.42 Å². The van der Waals surface area contributed by atoms with Crippen LogP contribution in [-0.2, 0) is 20.7 Å². The number of methoxy groups -OCH3 is 1. The molecule has 1 aliphatic rings. The average molecular weight is 534 g/mol. The normalized spacial score (nSPS) is 15.4. The molecule has 1 fully saturated rings. The van der Waals surface area contributed by atoms with Gasteiger partial charge in [0.15, 0.2) is 5.11 Å². The van der Waals surface area contributed by atoms with Gasteiger partial charge in [0.1, 0.15) is 11.8 Å². The van der Waals surface area contributed by atoms with Crippen LogP contribution in [0, 0.1) is 0 Å². The third-order valence-electron chi connectivity index (χ3n) is 5.09. The van der Waals surface area contributed by atoms with Gasteiger partial charge < -0.3 is 19.7 Å². The maximum absolute atomic E-state index is 12.7. The minimum Gasteiger partial charge on any atom is -0.492 e. The van der Waals surface area contributed by atoms with E-state index in [1.165, 1.54) is 17.6 Å². The highest BCUT2D eigenvalue weighted by molar-refractivity contribution is 9.10. The van der Waals surface area contributed by atoms with Crippen molar-refractivity contribution >= 4 is 51.0 Å². The molecule has 2 amide bonds. The fraction of sp³-hybridized carbons (Fsp3) is 0.304. The predicted octanol–water partition coefficient (Wildman–Crippen LogP) is 2.45. The highest BCUT2D eigenvalue weighted by Crippen LogP contribution is 2.26. The number of nitrogens with zero attached hydrogens (tertiary/aromatic N) is 1. The number of carbonyl (C=O) groups excluding carboxylic acids is 3. The van der Waals surface area contributed by atoms with Crippen molar-refractivity contribution in [3.63, 3.8) is 0 Å². The summed E-state index contributed by atoms with van der Waals surface area (Å²) in [6, 6.07) is 14.2. The Bertz CT molecular complexity index is 1030. The Hall–Kier alpha value is -2.98. The summed E-state index contributed by atoms with van der Waals surface area (Å²) < 4.78 is 11.1. The summed E-state index contributed by atoms with van der Waals surface area (Å²) in [4.78, 5) is 38.2. The van der Waals surface area contributed by atoms with Gasteiger partial charge in [-0.15, -0.1) is 0 Å². The van der Waals surface area contributed by atoms with E-state index in [9.17, 15) is 14.4 Å². The zero-order valence-corrected chi connectivity index (χ0v) is 20.4. The van der Waals surface area contributed by atoms with Crippen LogP contribution in [-0.4, -0.2) is 60.6 Å². The Morgan fingerprint density at radius 3 is 2.70 bits per heavy atom. The lowest BCUT2D eigenvalue weighted by Crippen LogP contribution is -2.60. The largest absolute Gasteiger partial charge is 0.492 e. The Kier molecular flexibility index (Phi) is 8.79. The van der Waals surface area contributed by atoms with Gasteiger partial charge in [0, 0.05) is 25.1 Å². The lowest BCUT2D eigenvalue weighted by atomic mass is 10.1. The number of hydrogen-bond acceptors (Lipinski definition) is 6. The number of esters is 1. The summed E-state index contributed by atoms with van der Waals surface area (Å²) in [5.41, 5.74) is 1.54. The van der Waals surface area contributed by atoms with Crippen LogP contribution < -0.4 is 15.4 Å². The van der Waals surface area contributed by atoms with Crippen molar-refractivity contribution in [1.29, 1.82) is 0 Å². The summed E-state index contributed by atoms with van der Waals surface area (Å²) in [7, 11) is 1.25. The number of thiocarbonyl (C=S) groups is 1. The first-order chi connectivity index (χ1) is 15.9. The Labute approximate surface area is 205 Å². The van der Waals surface area contributed by atoms with Gasteiger partial charge in [-0.1, -0.05) is 30.3 Å². The van der Waals surface area contributed by atoms with E-state index in [0.29, 0.717) is 35.5 Å². The summed E-state index contributed by atoms with van der Waals surface area (Å²) in [5, 5.41) is 5.41. The Morgan fingerprint density at radius 2 is 2.00 bits per heavy atom. The van der Waals surface area contributed by atoms with Crippen molar-refractivity contribution in [1.82, 2.24) is 15.5 Å². The predicted molar refractivity (Wildman–Crippen MR) is 130 cm³/mol. The quantitative estimate of drug-likeness (QED) is 0.416. The van der Waals surface area contributed by atoms with Gasteiger partial charge in [-0.05, 0) is 51.9 Å². The first-order valence-corrected chi connectivity index (χ1v) is 11.5. The summed E-state index contributed by atoms with van der Waals surface area (Å²) in [6.07, 6.45) is 0.596. The second kappa shape index (κ2) is 11.8. The van der Waals surface area contributed by atoms with Crippen molar-refractivity contribution in [2.24, 2.45) is 0 Å². The molecule has 1 heterocycles. The summed E-state index contributed by atoms with van der Waals surface area (Å²) in [5.74, 6) is -0.693.